The second kappa shape index (κ2) is 15.1. The Labute approximate surface area is 275 Å². The SMILES string of the molecule is CCOC(=O)c1ccc(N2C(=O)CC(Sc3ccc(NC(=O)/C(=C/c4cccc(OC)c4)NC(=O)c4ccccc4)cc3)C2=O)cc1. The topological polar surface area (TPSA) is 131 Å². The van der Waals surface area contributed by atoms with Gasteiger partial charge in [-0.25, -0.2) is 9.69 Å². The molecule has 0 aromatic heterocycles. The molecular weight excluding hydrogens is 618 g/mol. The van der Waals surface area contributed by atoms with Crippen LogP contribution in [0.25, 0.3) is 6.08 Å². The van der Waals surface area contributed by atoms with Crippen LogP contribution in [0.5, 0.6) is 5.75 Å². The molecule has 1 atom stereocenters. The summed E-state index contributed by atoms with van der Waals surface area (Å²) < 4.78 is 10.3. The van der Waals surface area contributed by atoms with Crippen molar-refractivity contribution in [2.45, 2.75) is 23.5 Å². The molecule has 1 heterocycles. The molecule has 5 rings (SSSR count). The second-order valence-corrected chi connectivity index (χ2v) is 11.6. The van der Waals surface area contributed by atoms with Gasteiger partial charge in [0, 0.05) is 22.6 Å². The van der Waals surface area contributed by atoms with Gasteiger partial charge in [-0.2, -0.15) is 0 Å². The average molecular weight is 650 g/mol. The molecule has 0 radical (unpaired) electrons. The third-order valence-corrected chi connectivity index (χ3v) is 8.26. The van der Waals surface area contributed by atoms with Gasteiger partial charge in [0.2, 0.25) is 11.8 Å². The number of hydrogen-bond acceptors (Lipinski definition) is 8. The van der Waals surface area contributed by atoms with Crippen LogP contribution in [0.1, 0.15) is 39.6 Å². The quantitative estimate of drug-likeness (QED) is 0.120. The van der Waals surface area contributed by atoms with Crippen molar-refractivity contribution in [3.05, 3.63) is 126 Å². The fourth-order valence-electron chi connectivity index (χ4n) is 4.75. The molecule has 11 heteroatoms. The van der Waals surface area contributed by atoms with Crippen LogP contribution in [0, 0.1) is 0 Å². The zero-order chi connectivity index (χ0) is 33.3. The molecule has 0 saturated carbocycles. The number of carbonyl (C=O) groups excluding carboxylic acids is 5. The fraction of sp³-hybridized carbons (Fsp3) is 0.139. The van der Waals surface area contributed by atoms with E-state index in [1.807, 2.05) is 0 Å². The van der Waals surface area contributed by atoms with Gasteiger partial charge in [0.15, 0.2) is 0 Å². The van der Waals surface area contributed by atoms with Gasteiger partial charge in [-0.15, -0.1) is 11.8 Å². The van der Waals surface area contributed by atoms with Gasteiger partial charge in [-0.05, 0) is 91.4 Å². The summed E-state index contributed by atoms with van der Waals surface area (Å²) >= 11 is 1.24. The van der Waals surface area contributed by atoms with Crippen molar-refractivity contribution >= 4 is 58.8 Å². The minimum absolute atomic E-state index is 0.0150. The summed E-state index contributed by atoms with van der Waals surface area (Å²) in [5, 5.41) is 4.88. The molecule has 2 N–H and O–H groups in total. The molecule has 0 bridgehead atoms. The number of esters is 1. The lowest BCUT2D eigenvalue weighted by atomic mass is 10.1. The lowest BCUT2D eigenvalue weighted by molar-refractivity contribution is -0.121. The van der Waals surface area contributed by atoms with E-state index in [-0.39, 0.29) is 30.5 Å². The number of ether oxygens (including phenoxy) is 2. The lowest BCUT2D eigenvalue weighted by Gasteiger charge is -2.15. The Hall–Kier alpha value is -5.68. The number of nitrogens with one attached hydrogen (secondary N) is 2. The molecule has 1 aliphatic heterocycles. The molecule has 4 amide bonds. The van der Waals surface area contributed by atoms with Crippen LogP contribution in [0.3, 0.4) is 0 Å². The number of hydrogen-bond donors (Lipinski definition) is 2. The maximum Gasteiger partial charge on any atom is 0.338 e. The number of anilines is 2. The van der Waals surface area contributed by atoms with E-state index in [0.29, 0.717) is 33.8 Å². The largest absolute Gasteiger partial charge is 0.497 e. The predicted octanol–water partition coefficient (Wildman–Crippen LogP) is 5.71. The van der Waals surface area contributed by atoms with Gasteiger partial charge >= 0.3 is 5.97 Å². The van der Waals surface area contributed by atoms with E-state index in [4.69, 9.17) is 9.47 Å². The Bertz CT molecular complexity index is 1820. The molecule has 0 aliphatic carbocycles. The molecular formula is C36H31N3O7S. The Morgan fingerprint density at radius 3 is 2.30 bits per heavy atom. The number of rotatable bonds is 11. The van der Waals surface area contributed by atoms with Crippen molar-refractivity contribution in [3.63, 3.8) is 0 Å². The Balaban J connectivity index is 1.26. The first kappa shape index (κ1) is 32.7. The molecule has 1 unspecified atom stereocenters. The van der Waals surface area contributed by atoms with Gasteiger partial charge in [0.05, 0.1) is 30.2 Å². The fourth-order valence-corrected chi connectivity index (χ4v) is 5.80. The Morgan fingerprint density at radius 1 is 0.894 bits per heavy atom. The lowest BCUT2D eigenvalue weighted by Crippen LogP contribution is -2.31. The number of nitrogens with zero attached hydrogens (tertiary/aromatic N) is 1. The second-order valence-electron chi connectivity index (χ2n) is 10.3. The number of methoxy groups -OCH3 is 1. The maximum absolute atomic E-state index is 13.4. The third kappa shape index (κ3) is 8.13. The van der Waals surface area contributed by atoms with E-state index in [2.05, 4.69) is 10.6 Å². The zero-order valence-electron chi connectivity index (χ0n) is 25.6. The summed E-state index contributed by atoms with van der Waals surface area (Å²) in [5.41, 5.74) is 2.23. The summed E-state index contributed by atoms with van der Waals surface area (Å²) in [6.45, 7) is 1.95. The first-order chi connectivity index (χ1) is 22.7. The van der Waals surface area contributed by atoms with E-state index in [9.17, 15) is 24.0 Å². The highest BCUT2D eigenvalue weighted by Gasteiger charge is 2.40. The molecule has 238 valence electrons. The summed E-state index contributed by atoms with van der Waals surface area (Å²) in [5.74, 6) is -1.57. The third-order valence-electron chi connectivity index (χ3n) is 7.07. The van der Waals surface area contributed by atoms with Crippen LogP contribution in [0.15, 0.2) is 114 Å². The Morgan fingerprint density at radius 2 is 1.62 bits per heavy atom. The summed E-state index contributed by atoms with van der Waals surface area (Å²) in [7, 11) is 1.54. The molecule has 1 saturated heterocycles. The van der Waals surface area contributed by atoms with E-state index in [0.717, 1.165) is 9.80 Å². The van der Waals surface area contributed by atoms with Crippen LogP contribution in [0.4, 0.5) is 11.4 Å². The first-order valence-corrected chi connectivity index (χ1v) is 15.6. The van der Waals surface area contributed by atoms with Crippen molar-refractivity contribution in [1.82, 2.24) is 5.32 Å². The van der Waals surface area contributed by atoms with Crippen LogP contribution in [-0.2, 0) is 19.1 Å². The molecule has 47 heavy (non-hydrogen) atoms. The summed E-state index contributed by atoms with van der Waals surface area (Å²) in [6, 6.07) is 28.6. The zero-order valence-corrected chi connectivity index (χ0v) is 26.4. The van der Waals surface area contributed by atoms with Crippen molar-refractivity contribution in [2.75, 3.05) is 23.9 Å². The number of thioether (sulfide) groups is 1. The highest BCUT2D eigenvalue weighted by Crippen LogP contribution is 2.34. The highest BCUT2D eigenvalue weighted by molar-refractivity contribution is 8.00. The van der Waals surface area contributed by atoms with Gasteiger partial charge in [-0.1, -0.05) is 30.3 Å². The van der Waals surface area contributed by atoms with Crippen LogP contribution >= 0.6 is 11.8 Å². The van der Waals surface area contributed by atoms with Gasteiger partial charge in [0.1, 0.15) is 11.4 Å². The first-order valence-electron chi connectivity index (χ1n) is 14.7. The van der Waals surface area contributed by atoms with Crippen molar-refractivity contribution in [2.24, 2.45) is 0 Å². The van der Waals surface area contributed by atoms with Crippen LogP contribution in [0.2, 0.25) is 0 Å². The standard InChI is InChI=1S/C36H31N3O7S/c1-3-46-36(44)25-12-16-27(17-13-25)39-32(40)22-31(35(39)43)47-29-18-14-26(15-19-29)37-34(42)30(21-23-8-7-11-28(20-23)45-2)38-33(41)24-9-5-4-6-10-24/h4-21,31H,3,22H2,1-2H3,(H,37,42)(H,38,41)/b30-21-. The Kier molecular flexibility index (Phi) is 10.5. The smallest absolute Gasteiger partial charge is 0.338 e. The van der Waals surface area contributed by atoms with Gasteiger partial charge in [-0.3, -0.25) is 19.2 Å². The minimum Gasteiger partial charge on any atom is -0.497 e. The maximum atomic E-state index is 13.4. The van der Waals surface area contributed by atoms with Crippen LogP contribution in [-0.4, -0.2) is 48.6 Å². The molecule has 1 aliphatic rings. The normalized spacial score (nSPS) is 14.5. The molecule has 4 aromatic rings. The number of amides is 4. The predicted molar refractivity (Wildman–Crippen MR) is 179 cm³/mol. The monoisotopic (exact) mass is 649 g/mol. The van der Waals surface area contributed by atoms with E-state index in [1.165, 1.54) is 23.9 Å². The molecule has 10 nitrogen and oxygen atoms in total. The minimum atomic E-state index is -0.640. The van der Waals surface area contributed by atoms with E-state index in [1.54, 1.807) is 111 Å². The number of carbonyl (C=O) groups is 5. The van der Waals surface area contributed by atoms with Crippen molar-refractivity contribution in [3.8, 4) is 5.75 Å². The summed E-state index contributed by atoms with van der Waals surface area (Å²) in [4.78, 5) is 66.1. The number of imide groups is 1. The molecule has 0 spiro atoms. The van der Waals surface area contributed by atoms with E-state index < -0.39 is 23.0 Å². The molecule has 1 fully saturated rings. The summed E-state index contributed by atoms with van der Waals surface area (Å²) in [6.07, 6.45) is 1.57. The average Bonchev–Trinajstić information content (AvgIpc) is 3.37. The number of benzene rings is 4. The van der Waals surface area contributed by atoms with Crippen LogP contribution < -0.4 is 20.3 Å². The van der Waals surface area contributed by atoms with Gasteiger partial charge < -0.3 is 20.1 Å². The highest BCUT2D eigenvalue weighted by atomic mass is 32.2. The molecule has 4 aromatic carbocycles. The van der Waals surface area contributed by atoms with E-state index >= 15 is 0 Å². The van der Waals surface area contributed by atoms with Gasteiger partial charge in [0.25, 0.3) is 11.8 Å². The van der Waals surface area contributed by atoms with Crippen molar-refractivity contribution < 1.29 is 33.4 Å². The van der Waals surface area contributed by atoms with Crippen molar-refractivity contribution in [1.29, 1.82) is 0 Å².